The normalized spacial score (nSPS) is 11.0. The summed E-state index contributed by atoms with van der Waals surface area (Å²) in [7, 11) is 2.17. The van der Waals surface area contributed by atoms with Gasteiger partial charge in [-0.15, -0.1) is 13.2 Å². The first-order chi connectivity index (χ1) is 8.30. The van der Waals surface area contributed by atoms with Crippen LogP contribution in [0.25, 0.3) is 0 Å². The second kappa shape index (κ2) is 5.59. The molecule has 0 saturated carbocycles. The van der Waals surface area contributed by atoms with Crippen LogP contribution in [-0.2, 0) is 4.74 Å². The van der Waals surface area contributed by atoms with Crippen molar-refractivity contribution in [1.29, 1.82) is 0 Å². The molecule has 100 valence electrons. The maximum Gasteiger partial charge on any atom is 0.573 e. The molecule has 0 atom stereocenters. The van der Waals surface area contributed by atoms with Crippen LogP contribution in [0.3, 0.4) is 0 Å². The molecule has 5 nitrogen and oxygen atoms in total. The third kappa shape index (κ3) is 3.37. The number of ether oxygens (including phenoxy) is 3. The average molecular weight is 377 g/mol. The highest BCUT2D eigenvalue weighted by molar-refractivity contribution is 14.1. The number of pyridine rings is 1. The number of hydrogen-bond donors (Lipinski definition) is 0. The number of esters is 1. The van der Waals surface area contributed by atoms with Crippen LogP contribution in [-0.4, -0.2) is 31.5 Å². The van der Waals surface area contributed by atoms with E-state index in [0.717, 1.165) is 14.2 Å². The van der Waals surface area contributed by atoms with E-state index in [-0.39, 0.29) is 9.32 Å². The maximum atomic E-state index is 12.3. The molecule has 0 aromatic carbocycles. The summed E-state index contributed by atoms with van der Waals surface area (Å²) in [4.78, 5) is 14.9. The molecule has 0 fully saturated rings. The van der Waals surface area contributed by atoms with Crippen LogP contribution < -0.4 is 9.47 Å². The van der Waals surface area contributed by atoms with Crippen LogP contribution in [0.4, 0.5) is 13.2 Å². The summed E-state index contributed by atoms with van der Waals surface area (Å²) >= 11 is 1.70. The highest BCUT2D eigenvalue weighted by atomic mass is 127. The minimum atomic E-state index is -4.97. The summed E-state index contributed by atoms with van der Waals surface area (Å²) in [6.45, 7) is 0. The van der Waals surface area contributed by atoms with Gasteiger partial charge in [-0.25, -0.2) is 9.78 Å². The molecule has 0 aliphatic heterocycles. The predicted molar refractivity (Wildman–Crippen MR) is 61.5 cm³/mol. The molecule has 0 aliphatic carbocycles. The molecule has 1 heterocycles. The fourth-order valence-corrected chi connectivity index (χ4v) is 1.70. The molecule has 0 unspecified atom stereocenters. The lowest BCUT2D eigenvalue weighted by Gasteiger charge is -2.15. The molecule has 0 radical (unpaired) electrons. The Balaban J connectivity index is 3.39. The zero-order valence-electron chi connectivity index (χ0n) is 9.17. The van der Waals surface area contributed by atoms with Gasteiger partial charge < -0.3 is 14.2 Å². The SMILES string of the molecule is COC(=O)c1ncc(I)c(OC)c1OC(F)(F)F. The summed E-state index contributed by atoms with van der Waals surface area (Å²) < 4.78 is 50.0. The van der Waals surface area contributed by atoms with Crippen LogP contribution in [0.5, 0.6) is 11.5 Å². The molecule has 1 aromatic rings. The lowest BCUT2D eigenvalue weighted by atomic mass is 10.3. The third-order valence-electron chi connectivity index (χ3n) is 1.75. The van der Waals surface area contributed by atoms with Gasteiger partial charge in [0.25, 0.3) is 0 Å². The van der Waals surface area contributed by atoms with Crippen molar-refractivity contribution < 1.29 is 32.2 Å². The fourth-order valence-electron chi connectivity index (χ4n) is 1.10. The number of nitrogens with zero attached hydrogens (tertiary/aromatic N) is 1. The summed E-state index contributed by atoms with van der Waals surface area (Å²) in [6.07, 6.45) is -3.79. The molecule has 9 heteroatoms. The predicted octanol–water partition coefficient (Wildman–Crippen LogP) is 2.38. The van der Waals surface area contributed by atoms with E-state index in [1.165, 1.54) is 6.20 Å². The topological polar surface area (TPSA) is 57.7 Å². The van der Waals surface area contributed by atoms with E-state index in [0.29, 0.717) is 0 Å². The van der Waals surface area contributed by atoms with E-state index in [9.17, 15) is 18.0 Å². The number of methoxy groups -OCH3 is 2. The van der Waals surface area contributed by atoms with Crippen molar-refractivity contribution >= 4 is 28.6 Å². The van der Waals surface area contributed by atoms with E-state index in [2.05, 4.69) is 14.5 Å². The van der Waals surface area contributed by atoms with Crippen LogP contribution >= 0.6 is 22.6 Å². The minimum absolute atomic E-state index is 0.233. The molecule has 1 aromatic heterocycles. The Hall–Kier alpha value is -1.26. The standard InChI is InChI=1S/C9H7F3INO4/c1-16-6-4(13)3-14-5(8(15)17-2)7(6)18-9(10,11)12/h3H,1-2H3. The largest absolute Gasteiger partial charge is 0.573 e. The Morgan fingerprint density at radius 1 is 1.33 bits per heavy atom. The van der Waals surface area contributed by atoms with Gasteiger partial charge in [-0.3, -0.25) is 0 Å². The Bertz CT molecular complexity index is 464. The molecule has 0 bridgehead atoms. The van der Waals surface area contributed by atoms with E-state index in [1.807, 2.05) is 0 Å². The molecule has 0 N–H and O–H groups in total. The van der Waals surface area contributed by atoms with Gasteiger partial charge in [0.05, 0.1) is 17.8 Å². The number of aromatic nitrogens is 1. The quantitative estimate of drug-likeness (QED) is 0.598. The third-order valence-corrected chi connectivity index (χ3v) is 2.51. The first-order valence-corrected chi connectivity index (χ1v) is 5.44. The van der Waals surface area contributed by atoms with Gasteiger partial charge >= 0.3 is 12.3 Å². The van der Waals surface area contributed by atoms with Crippen LogP contribution in [0.15, 0.2) is 6.20 Å². The highest BCUT2D eigenvalue weighted by Crippen LogP contribution is 2.37. The molecule has 1 rings (SSSR count). The van der Waals surface area contributed by atoms with E-state index >= 15 is 0 Å². The number of halogens is 4. The second-order valence-corrected chi connectivity index (χ2v) is 4.02. The molecule has 0 spiro atoms. The minimum Gasteiger partial charge on any atom is -0.492 e. The average Bonchev–Trinajstić information content (AvgIpc) is 2.26. The van der Waals surface area contributed by atoms with Crippen LogP contribution in [0.1, 0.15) is 10.5 Å². The van der Waals surface area contributed by atoms with Crippen molar-refractivity contribution in [2.24, 2.45) is 0 Å². The molecule has 18 heavy (non-hydrogen) atoms. The van der Waals surface area contributed by atoms with Crippen molar-refractivity contribution in [3.63, 3.8) is 0 Å². The summed E-state index contributed by atoms with van der Waals surface area (Å²) in [6, 6.07) is 0. The number of carbonyl (C=O) groups excluding carboxylic acids is 1. The Morgan fingerprint density at radius 3 is 2.39 bits per heavy atom. The van der Waals surface area contributed by atoms with Crippen molar-refractivity contribution in [2.45, 2.75) is 6.36 Å². The van der Waals surface area contributed by atoms with Gasteiger partial charge in [0.1, 0.15) is 0 Å². The van der Waals surface area contributed by atoms with Crippen molar-refractivity contribution in [3.8, 4) is 11.5 Å². The van der Waals surface area contributed by atoms with Crippen LogP contribution in [0, 0.1) is 3.57 Å². The monoisotopic (exact) mass is 377 g/mol. The first-order valence-electron chi connectivity index (χ1n) is 4.36. The zero-order valence-corrected chi connectivity index (χ0v) is 11.3. The second-order valence-electron chi connectivity index (χ2n) is 2.86. The highest BCUT2D eigenvalue weighted by Gasteiger charge is 2.36. The van der Waals surface area contributed by atoms with Crippen molar-refractivity contribution in [1.82, 2.24) is 4.98 Å². The lowest BCUT2D eigenvalue weighted by Crippen LogP contribution is -2.21. The van der Waals surface area contributed by atoms with Crippen molar-refractivity contribution in [2.75, 3.05) is 14.2 Å². The first kappa shape index (κ1) is 14.8. The summed E-state index contributed by atoms with van der Waals surface area (Å²) in [5.41, 5.74) is -0.605. The van der Waals surface area contributed by atoms with Gasteiger partial charge in [-0.2, -0.15) is 0 Å². The molecule has 0 aliphatic rings. The Labute approximate surface area is 113 Å². The van der Waals surface area contributed by atoms with E-state index in [1.54, 1.807) is 22.6 Å². The Morgan fingerprint density at radius 2 is 1.94 bits per heavy atom. The summed E-state index contributed by atoms with van der Waals surface area (Å²) in [5.74, 6) is -2.10. The molecule has 0 amide bonds. The van der Waals surface area contributed by atoms with Gasteiger partial charge in [-0.05, 0) is 22.6 Å². The van der Waals surface area contributed by atoms with Gasteiger partial charge in [0, 0.05) is 6.20 Å². The fraction of sp³-hybridized carbons (Fsp3) is 0.333. The maximum absolute atomic E-state index is 12.3. The number of alkyl halides is 3. The molecular formula is C9H7F3INO4. The van der Waals surface area contributed by atoms with E-state index in [4.69, 9.17) is 4.74 Å². The van der Waals surface area contributed by atoms with Gasteiger partial charge in [-0.1, -0.05) is 0 Å². The number of carbonyl (C=O) groups is 1. The van der Waals surface area contributed by atoms with Gasteiger partial charge in [0.2, 0.25) is 5.75 Å². The van der Waals surface area contributed by atoms with E-state index < -0.39 is 23.8 Å². The van der Waals surface area contributed by atoms with Crippen molar-refractivity contribution in [3.05, 3.63) is 15.5 Å². The van der Waals surface area contributed by atoms with Gasteiger partial charge in [0.15, 0.2) is 11.4 Å². The number of rotatable bonds is 3. The molecular weight excluding hydrogens is 370 g/mol. The summed E-state index contributed by atoms with van der Waals surface area (Å²) in [5, 5.41) is 0. The lowest BCUT2D eigenvalue weighted by molar-refractivity contribution is -0.275. The number of hydrogen-bond acceptors (Lipinski definition) is 5. The zero-order chi connectivity index (χ0) is 13.9. The van der Waals surface area contributed by atoms with Crippen LogP contribution in [0.2, 0.25) is 0 Å². The smallest absolute Gasteiger partial charge is 0.492 e. The Kier molecular flexibility index (Phi) is 4.59. The molecule has 0 saturated heterocycles.